The van der Waals surface area contributed by atoms with Gasteiger partial charge in [-0.15, -0.1) is 0 Å². The molecule has 1 fully saturated rings. The monoisotopic (exact) mass is 427 g/mol. The number of benzene rings is 2. The molecule has 6 rings (SSSR count). The number of amides is 1. The molecule has 0 spiro atoms. The Bertz CT molecular complexity index is 1280. The lowest BCUT2D eigenvalue weighted by atomic mass is 10.1. The molecule has 1 atom stereocenters. The van der Waals surface area contributed by atoms with Crippen LogP contribution in [0.25, 0.3) is 22.6 Å². The number of nitrogens with zero attached hydrogens (tertiary/aromatic N) is 4. The van der Waals surface area contributed by atoms with Crippen LogP contribution in [-0.2, 0) is 6.42 Å². The minimum absolute atomic E-state index is 0.168. The van der Waals surface area contributed by atoms with Crippen LogP contribution in [0.4, 0.5) is 0 Å². The molecular formula is C24H21N5O3. The Morgan fingerprint density at radius 2 is 2.00 bits per heavy atom. The van der Waals surface area contributed by atoms with E-state index in [1.54, 1.807) is 11.0 Å². The van der Waals surface area contributed by atoms with Crippen LogP contribution < -0.4 is 4.74 Å². The van der Waals surface area contributed by atoms with Gasteiger partial charge in [-0.2, -0.15) is 5.10 Å². The van der Waals surface area contributed by atoms with Gasteiger partial charge < -0.3 is 14.2 Å². The highest BCUT2D eigenvalue weighted by Gasteiger charge is 2.35. The summed E-state index contributed by atoms with van der Waals surface area (Å²) in [5, 5.41) is 11.5. The van der Waals surface area contributed by atoms with Gasteiger partial charge >= 0.3 is 0 Å². The first kappa shape index (κ1) is 18.8. The number of H-pyrrole nitrogens is 1. The summed E-state index contributed by atoms with van der Waals surface area (Å²) in [6.07, 6.45) is 2.59. The van der Waals surface area contributed by atoms with Crippen molar-refractivity contribution in [3.05, 3.63) is 71.7 Å². The smallest absolute Gasteiger partial charge is 0.293 e. The summed E-state index contributed by atoms with van der Waals surface area (Å²) in [4.78, 5) is 19.7. The lowest BCUT2D eigenvalue weighted by Gasteiger charge is -2.21. The number of rotatable bonds is 4. The highest BCUT2D eigenvalue weighted by Crippen LogP contribution is 2.34. The van der Waals surface area contributed by atoms with Gasteiger partial charge in [-0.25, -0.2) is 4.98 Å². The Kier molecular flexibility index (Phi) is 4.49. The Morgan fingerprint density at radius 1 is 1.09 bits per heavy atom. The number of ether oxygens (including phenoxy) is 1. The third kappa shape index (κ3) is 3.24. The third-order valence-corrected chi connectivity index (χ3v) is 6.07. The van der Waals surface area contributed by atoms with Gasteiger partial charge in [-0.05, 0) is 36.6 Å². The first-order chi connectivity index (χ1) is 15.8. The zero-order valence-electron chi connectivity index (χ0n) is 17.3. The van der Waals surface area contributed by atoms with Crippen molar-refractivity contribution < 1.29 is 14.1 Å². The van der Waals surface area contributed by atoms with Crippen molar-refractivity contribution in [1.82, 2.24) is 25.2 Å². The SMILES string of the molecule is O=C(c1cc(-c2ccc3c(c2)CCO3)no1)N1CCCC1c1nc(-c2ccccc2)n[nH]1. The molecule has 1 unspecified atom stereocenters. The number of carbonyl (C=O) groups excluding carboxylic acids is 1. The standard InChI is InChI=1S/C24H21N5O3/c30-24(21-14-18(28-32-21)16-8-9-20-17(13-16)10-12-31-20)29-11-4-7-19(29)23-25-22(26-27-23)15-5-2-1-3-6-15/h1-3,5-6,8-9,13-14,19H,4,7,10-12H2,(H,25,26,27). The molecule has 0 bridgehead atoms. The van der Waals surface area contributed by atoms with Crippen LogP contribution in [0.15, 0.2) is 59.1 Å². The van der Waals surface area contributed by atoms with E-state index in [2.05, 4.69) is 20.3 Å². The van der Waals surface area contributed by atoms with Gasteiger partial charge in [-0.1, -0.05) is 35.5 Å². The molecule has 4 heterocycles. The van der Waals surface area contributed by atoms with E-state index in [9.17, 15) is 4.79 Å². The van der Waals surface area contributed by atoms with E-state index in [1.807, 2.05) is 48.5 Å². The summed E-state index contributed by atoms with van der Waals surface area (Å²) >= 11 is 0. The average molecular weight is 427 g/mol. The highest BCUT2D eigenvalue weighted by atomic mass is 16.5. The van der Waals surface area contributed by atoms with Gasteiger partial charge in [0.15, 0.2) is 5.82 Å². The second-order valence-electron chi connectivity index (χ2n) is 8.06. The van der Waals surface area contributed by atoms with Crippen molar-refractivity contribution in [1.29, 1.82) is 0 Å². The lowest BCUT2D eigenvalue weighted by molar-refractivity contribution is 0.0688. The number of aromatic nitrogens is 4. The number of carbonyl (C=O) groups is 1. The first-order valence-electron chi connectivity index (χ1n) is 10.8. The predicted molar refractivity (Wildman–Crippen MR) is 116 cm³/mol. The quantitative estimate of drug-likeness (QED) is 0.528. The second kappa shape index (κ2) is 7.64. The fraction of sp³-hybridized carbons (Fsp3) is 0.250. The van der Waals surface area contributed by atoms with E-state index < -0.39 is 0 Å². The van der Waals surface area contributed by atoms with Crippen LogP contribution in [0.3, 0.4) is 0 Å². The largest absolute Gasteiger partial charge is 0.493 e. The van der Waals surface area contributed by atoms with Gasteiger partial charge in [0.05, 0.1) is 12.6 Å². The van der Waals surface area contributed by atoms with Crippen molar-refractivity contribution >= 4 is 5.91 Å². The molecule has 8 heteroatoms. The average Bonchev–Trinajstić information content (AvgIpc) is 3.63. The number of nitrogens with one attached hydrogen (secondary N) is 1. The number of hydrogen-bond donors (Lipinski definition) is 1. The molecule has 1 saturated heterocycles. The Balaban J connectivity index is 1.23. The fourth-order valence-electron chi connectivity index (χ4n) is 4.43. The van der Waals surface area contributed by atoms with Gasteiger partial charge in [0, 0.05) is 30.2 Å². The second-order valence-corrected chi connectivity index (χ2v) is 8.06. The summed E-state index contributed by atoms with van der Waals surface area (Å²) in [7, 11) is 0. The fourth-order valence-corrected chi connectivity index (χ4v) is 4.43. The van der Waals surface area contributed by atoms with Crippen LogP contribution in [-0.4, -0.2) is 44.3 Å². The molecule has 1 amide bonds. The Labute approximate surface area is 184 Å². The Morgan fingerprint density at radius 3 is 2.91 bits per heavy atom. The van der Waals surface area contributed by atoms with Crippen molar-refractivity contribution in [3.63, 3.8) is 0 Å². The predicted octanol–water partition coefficient (Wildman–Crippen LogP) is 4.04. The maximum Gasteiger partial charge on any atom is 0.293 e. The number of aromatic amines is 1. The van der Waals surface area contributed by atoms with Gasteiger partial charge in [0.1, 0.15) is 17.3 Å². The summed E-state index contributed by atoms with van der Waals surface area (Å²) in [6.45, 7) is 1.34. The Hall–Kier alpha value is -3.94. The highest BCUT2D eigenvalue weighted by molar-refractivity contribution is 5.93. The minimum atomic E-state index is -0.187. The van der Waals surface area contributed by atoms with E-state index in [0.717, 1.165) is 41.7 Å². The first-order valence-corrected chi connectivity index (χ1v) is 10.8. The zero-order chi connectivity index (χ0) is 21.5. The minimum Gasteiger partial charge on any atom is -0.493 e. The van der Waals surface area contributed by atoms with Crippen LogP contribution in [0.5, 0.6) is 5.75 Å². The molecule has 2 aliphatic heterocycles. The molecule has 160 valence electrons. The zero-order valence-corrected chi connectivity index (χ0v) is 17.3. The van der Waals surface area contributed by atoms with Gasteiger partial charge in [0.25, 0.3) is 5.91 Å². The molecule has 2 aromatic carbocycles. The summed E-state index contributed by atoms with van der Waals surface area (Å²) in [5.74, 6) is 2.27. The molecule has 2 aromatic heterocycles. The molecule has 0 saturated carbocycles. The maximum absolute atomic E-state index is 13.2. The molecule has 2 aliphatic rings. The number of likely N-dealkylation sites (tertiary alicyclic amines) is 1. The number of fused-ring (bicyclic) bond motifs is 1. The molecule has 32 heavy (non-hydrogen) atoms. The maximum atomic E-state index is 13.2. The lowest BCUT2D eigenvalue weighted by Crippen LogP contribution is -2.30. The summed E-state index contributed by atoms with van der Waals surface area (Å²) in [6, 6.07) is 17.3. The van der Waals surface area contributed by atoms with E-state index in [0.29, 0.717) is 30.5 Å². The van der Waals surface area contributed by atoms with Crippen molar-refractivity contribution in [2.75, 3.05) is 13.2 Å². The van der Waals surface area contributed by atoms with Gasteiger partial charge in [-0.3, -0.25) is 9.89 Å². The van der Waals surface area contributed by atoms with Gasteiger partial charge in [0.2, 0.25) is 5.76 Å². The van der Waals surface area contributed by atoms with E-state index in [-0.39, 0.29) is 17.7 Å². The third-order valence-electron chi connectivity index (χ3n) is 6.07. The van der Waals surface area contributed by atoms with Crippen LogP contribution in [0.2, 0.25) is 0 Å². The van der Waals surface area contributed by atoms with Crippen molar-refractivity contribution in [2.45, 2.75) is 25.3 Å². The van der Waals surface area contributed by atoms with Crippen molar-refractivity contribution in [3.8, 4) is 28.4 Å². The van der Waals surface area contributed by atoms with Crippen molar-refractivity contribution in [2.24, 2.45) is 0 Å². The van der Waals surface area contributed by atoms with E-state index >= 15 is 0 Å². The van der Waals surface area contributed by atoms with Crippen LogP contribution in [0.1, 0.15) is 40.8 Å². The molecule has 0 aliphatic carbocycles. The molecule has 0 radical (unpaired) electrons. The molecule has 8 nitrogen and oxygen atoms in total. The normalized spacial score (nSPS) is 17.4. The molecular weight excluding hydrogens is 406 g/mol. The number of hydrogen-bond acceptors (Lipinski definition) is 6. The van der Waals surface area contributed by atoms with Crippen LogP contribution >= 0.6 is 0 Å². The molecule has 4 aromatic rings. The topological polar surface area (TPSA) is 97.1 Å². The summed E-state index contributed by atoms with van der Waals surface area (Å²) in [5.41, 5.74) is 3.64. The van der Waals surface area contributed by atoms with E-state index in [1.165, 1.54) is 0 Å². The van der Waals surface area contributed by atoms with E-state index in [4.69, 9.17) is 9.26 Å². The van der Waals surface area contributed by atoms with Crippen LogP contribution in [0, 0.1) is 0 Å². The summed E-state index contributed by atoms with van der Waals surface area (Å²) < 4.78 is 11.0. The molecule has 1 N–H and O–H groups in total.